The van der Waals surface area contributed by atoms with Crippen LogP contribution in [0.2, 0.25) is 0 Å². The molecule has 1 saturated heterocycles. The highest BCUT2D eigenvalue weighted by Gasteiger charge is 2.37. The van der Waals surface area contributed by atoms with Gasteiger partial charge in [-0.1, -0.05) is 0 Å². The van der Waals surface area contributed by atoms with Crippen LogP contribution in [-0.4, -0.2) is 53.3 Å². The van der Waals surface area contributed by atoms with Gasteiger partial charge >= 0.3 is 12.1 Å². The molecule has 0 radical (unpaired) electrons. The van der Waals surface area contributed by atoms with Gasteiger partial charge in [0.15, 0.2) is 0 Å². The van der Waals surface area contributed by atoms with Gasteiger partial charge in [0.2, 0.25) is 0 Å². The number of carboxylic acids is 1. The molecule has 1 aliphatic heterocycles. The summed E-state index contributed by atoms with van der Waals surface area (Å²) >= 11 is 0. The lowest BCUT2D eigenvalue weighted by Gasteiger charge is -2.38. The van der Waals surface area contributed by atoms with E-state index in [1.54, 1.807) is 27.8 Å². The van der Waals surface area contributed by atoms with Gasteiger partial charge in [0.1, 0.15) is 11.6 Å². The highest BCUT2D eigenvalue weighted by molar-refractivity contribution is 5.80. The van der Waals surface area contributed by atoms with Gasteiger partial charge in [-0.25, -0.2) is 9.59 Å². The molecule has 0 aromatic rings. The maximum atomic E-state index is 12.0. The summed E-state index contributed by atoms with van der Waals surface area (Å²) in [5, 5.41) is 12.2. The van der Waals surface area contributed by atoms with Crippen molar-refractivity contribution in [3.63, 3.8) is 0 Å². The summed E-state index contributed by atoms with van der Waals surface area (Å²) in [6.07, 6.45) is 0.627. The molecule has 0 bridgehead atoms. The van der Waals surface area contributed by atoms with E-state index in [4.69, 9.17) is 9.84 Å². The second-order valence-electron chi connectivity index (χ2n) is 5.55. The number of piperidine rings is 1. The van der Waals surface area contributed by atoms with E-state index >= 15 is 0 Å². The van der Waals surface area contributed by atoms with Crippen molar-refractivity contribution in [2.45, 2.75) is 51.3 Å². The van der Waals surface area contributed by atoms with Gasteiger partial charge in [0.25, 0.3) is 0 Å². The lowest BCUT2D eigenvalue weighted by Crippen LogP contribution is -2.55. The molecular weight excluding hydrogens is 236 g/mol. The molecule has 1 aliphatic rings. The number of likely N-dealkylation sites (tertiary alicyclic amines) is 1. The number of ether oxygens (including phenoxy) is 1. The van der Waals surface area contributed by atoms with Crippen molar-refractivity contribution in [1.29, 1.82) is 0 Å². The predicted octanol–water partition coefficient (Wildman–Crippen LogP) is 1.06. The van der Waals surface area contributed by atoms with Crippen molar-refractivity contribution in [1.82, 2.24) is 10.2 Å². The van der Waals surface area contributed by atoms with E-state index in [0.717, 1.165) is 6.42 Å². The number of likely N-dealkylation sites (N-methyl/N-ethyl adjacent to an activating group) is 1. The van der Waals surface area contributed by atoms with Crippen molar-refractivity contribution in [3.05, 3.63) is 0 Å². The number of hydrogen-bond acceptors (Lipinski definition) is 4. The molecule has 2 atom stereocenters. The fraction of sp³-hybridized carbons (Fsp3) is 0.833. The molecule has 6 heteroatoms. The Morgan fingerprint density at radius 3 is 2.39 bits per heavy atom. The lowest BCUT2D eigenvalue weighted by molar-refractivity contribution is -0.144. The molecule has 2 unspecified atom stereocenters. The number of rotatable bonds is 2. The Morgan fingerprint density at radius 2 is 1.94 bits per heavy atom. The van der Waals surface area contributed by atoms with Crippen molar-refractivity contribution in [3.8, 4) is 0 Å². The van der Waals surface area contributed by atoms with Crippen LogP contribution in [0.15, 0.2) is 0 Å². The topological polar surface area (TPSA) is 78.9 Å². The van der Waals surface area contributed by atoms with Crippen LogP contribution in [-0.2, 0) is 9.53 Å². The summed E-state index contributed by atoms with van der Waals surface area (Å²) in [5.41, 5.74) is -0.618. The third-order valence-electron chi connectivity index (χ3n) is 2.90. The number of carboxylic acid groups (broad SMARTS) is 1. The highest BCUT2D eigenvalue weighted by atomic mass is 16.6. The number of aliphatic carboxylic acids is 1. The van der Waals surface area contributed by atoms with E-state index in [1.165, 1.54) is 4.90 Å². The minimum absolute atomic E-state index is 0.119. The molecule has 6 nitrogen and oxygen atoms in total. The van der Waals surface area contributed by atoms with Gasteiger partial charge in [-0.3, -0.25) is 4.90 Å². The fourth-order valence-electron chi connectivity index (χ4n) is 1.99. The van der Waals surface area contributed by atoms with Gasteiger partial charge in [0.05, 0.1) is 0 Å². The number of amides is 1. The normalized spacial score (nSPS) is 24.8. The minimum atomic E-state index is -0.976. The molecule has 1 amide bonds. The Bertz CT molecular complexity index is 325. The fourth-order valence-corrected chi connectivity index (χ4v) is 1.99. The molecule has 1 fully saturated rings. The minimum Gasteiger partial charge on any atom is -0.480 e. The summed E-state index contributed by atoms with van der Waals surface area (Å²) < 4.78 is 5.25. The van der Waals surface area contributed by atoms with Crippen molar-refractivity contribution in [2.75, 3.05) is 13.6 Å². The molecule has 104 valence electrons. The van der Waals surface area contributed by atoms with Gasteiger partial charge in [-0.2, -0.15) is 0 Å². The van der Waals surface area contributed by atoms with Gasteiger partial charge < -0.3 is 15.2 Å². The first kappa shape index (κ1) is 14.8. The van der Waals surface area contributed by atoms with Gasteiger partial charge in [-0.05, 0) is 40.7 Å². The molecular formula is C12H22N2O4. The third kappa shape index (κ3) is 3.87. The van der Waals surface area contributed by atoms with Crippen LogP contribution in [0.1, 0.15) is 33.6 Å². The first-order valence-electron chi connectivity index (χ1n) is 6.14. The zero-order valence-electron chi connectivity index (χ0n) is 11.4. The Balaban J connectivity index is 2.78. The van der Waals surface area contributed by atoms with Crippen LogP contribution >= 0.6 is 0 Å². The molecule has 0 aromatic carbocycles. The molecule has 18 heavy (non-hydrogen) atoms. The summed E-state index contributed by atoms with van der Waals surface area (Å²) in [6.45, 7) is 5.66. The van der Waals surface area contributed by atoms with E-state index in [2.05, 4.69) is 5.32 Å². The van der Waals surface area contributed by atoms with Crippen LogP contribution in [0.25, 0.3) is 0 Å². The SMILES string of the molecule is CNC1CCC(C(=O)O)N(C(=O)OC(C)(C)C)C1. The van der Waals surface area contributed by atoms with Crippen molar-refractivity contribution in [2.24, 2.45) is 0 Å². The average Bonchev–Trinajstić information content (AvgIpc) is 2.25. The third-order valence-corrected chi connectivity index (χ3v) is 2.90. The highest BCUT2D eigenvalue weighted by Crippen LogP contribution is 2.20. The number of carbonyl (C=O) groups excluding carboxylic acids is 1. The molecule has 2 N–H and O–H groups in total. The van der Waals surface area contributed by atoms with E-state index in [1.807, 2.05) is 0 Å². The summed E-state index contributed by atoms with van der Waals surface area (Å²) in [5.74, 6) is -0.976. The van der Waals surface area contributed by atoms with Crippen LogP contribution in [0.4, 0.5) is 4.79 Å². The average molecular weight is 258 g/mol. The largest absolute Gasteiger partial charge is 0.480 e. The molecule has 0 aromatic heterocycles. The second kappa shape index (κ2) is 5.56. The van der Waals surface area contributed by atoms with Crippen molar-refractivity contribution >= 4 is 12.1 Å². The van der Waals surface area contributed by atoms with E-state index < -0.39 is 23.7 Å². The molecule has 0 aliphatic carbocycles. The zero-order valence-corrected chi connectivity index (χ0v) is 11.4. The Morgan fingerprint density at radius 1 is 1.33 bits per heavy atom. The quantitative estimate of drug-likeness (QED) is 0.774. The first-order valence-corrected chi connectivity index (χ1v) is 6.14. The maximum Gasteiger partial charge on any atom is 0.411 e. The van der Waals surface area contributed by atoms with Gasteiger partial charge in [0, 0.05) is 12.6 Å². The second-order valence-corrected chi connectivity index (χ2v) is 5.55. The Kier molecular flexibility index (Phi) is 4.56. The van der Waals surface area contributed by atoms with E-state index in [9.17, 15) is 9.59 Å². The van der Waals surface area contributed by atoms with E-state index in [0.29, 0.717) is 13.0 Å². The summed E-state index contributed by atoms with van der Waals surface area (Å²) in [4.78, 5) is 24.5. The Hall–Kier alpha value is -1.30. The maximum absolute atomic E-state index is 12.0. The number of nitrogens with zero attached hydrogens (tertiary/aromatic N) is 1. The van der Waals surface area contributed by atoms with E-state index in [-0.39, 0.29) is 6.04 Å². The number of nitrogens with one attached hydrogen (secondary N) is 1. The van der Waals surface area contributed by atoms with Crippen LogP contribution in [0.3, 0.4) is 0 Å². The van der Waals surface area contributed by atoms with Gasteiger partial charge in [-0.15, -0.1) is 0 Å². The van der Waals surface area contributed by atoms with Crippen LogP contribution in [0, 0.1) is 0 Å². The number of hydrogen-bond donors (Lipinski definition) is 2. The van der Waals surface area contributed by atoms with Crippen LogP contribution in [0.5, 0.6) is 0 Å². The van der Waals surface area contributed by atoms with Crippen LogP contribution < -0.4 is 5.32 Å². The Labute approximate surface area is 107 Å². The molecule has 1 heterocycles. The molecule has 0 spiro atoms. The predicted molar refractivity (Wildman–Crippen MR) is 66.4 cm³/mol. The molecule has 0 saturated carbocycles. The standard InChI is InChI=1S/C12H22N2O4/c1-12(2,3)18-11(17)14-7-8(13-4)5-6-9(14)10(15)16/h8-9,13H,5-7H2,1-4H3,(H,15,16). The summed E-state index contributed by atoms with van der Waals surface area (Å²) in [7, 11) is 1.80. The first-order chi connectivity index (χ1) is 8.24. The smallest absolute Gasteiger partial charge is 0.411 e. The number of carbonyl (C=O) groups is 2. The summed E-state index contributed by atoms with van der Waals surface area (Å²) in [6, 6.07) is -0.669. The zero-order chi connectivity index (χ0) is 13.9. The van der Waals surface area contributed by atoms with Crippen molar-refractivity contribution < 1.29 is 19.4 Å². The molecule has 1 rings (SSSR count). The monoisotopic (exact) mass is 258 g/mol. The lowest BCUT2D eigenvalue weighted by atomic mass is 9.99.